The fourth-order valence-electron chi connectivity index (χ4n) is 3.48. The molecule has 0 radical (unpaired) electrons. The molecule has 2 aromatic rings. The van der Waals surface area contributed by atoms with E-state index in [2.05, 4.69) is 0 Å². The molecule has 1 aliphatic heterocycles. The highest BCUT2D eigenvalue weighted by Crippen LogP contribution is 2.39. The number of alkyl halides is 3. The van der Waals surface area contributed by atoms with E-state index in [-0.39, 0.29) is 16.1 Å². The quantitative estimate of drug-likeness (QED) is 0.746. The van der Waals surface area contributed by atoms with Gasteiger partial charge in [-0.1, -0.05) is 11.6 Å². The lowest BCUT2D eigenvalue weighted by Crippen LogP contribution is -2.30. The molecule has 4 nitrogen and oxygen atoms in total. The number of hydrogen-bond acceptors (Lipinski definition) is 2. The summed E-state index contributed by atoms with van der Waals surface area (Å²) in [6.45, 7) is 4.47. The zero-order valence-electron chi connectivity index (χ0n) is 14.9. The number of nitrogens with zero attached hydrogens (tertiary/aromatic N) is 1. The van der Waals surface area contributed by atoms with Crippen LogP contribution in [0.25, 0.3) is 11.3 Å². The Morgan fingerprint density at radius 2 is 2.07 bits per heavy atom. The molecule has 1 N–H and O–H groups in total. The molecule has 1 saturated heterocycles. The van der Waals surface area contributed by atoms with Gasteiger partial charge in [-0.05, 0) is 51.0 Å². The van der Waals surface area contributed by atoms with Crippen LogP contribution in [-0.2, 0) is 17.5 Å². The maximum Gasteiger partial charge on any atom is 0.416 e. The maximum absolute atomic E-state index is 13.2. The van der Waals surface area contributed by atoms with Gasteiger partial charge in [-0.2, -0.15) is 13.2 Å². The highest BCUT2D eigenvalue weighted by molar-refractivity contribution is 6.33. The molecule has 1 atom stereocenters. The van der Waals surface area contributed by atoms with Gasteiger partial charge in [0.1, 0.15) is 0 Å². The molecule has 0 bridgehead atoms. The van der Waals surface area contributed by atoms with Crippen molar-refractivity contribution in [3.63, 3.8) is 0 Å². The van der Waals surface area contributed by atoms with E-state index in [1.807, 2.05) is 6.92 Å². The molecule has 0 unspecified atom stereocenters. The van der Waals surface area contributed by atoms with E-state index < -0.39 is 23.3 Å². The number of aromatic carboxylic acids is 1. The molecule has 0 aliphatic carbocycles. The van der Waals surface area contributed by atoms with Crippen LogP contribution in [0.15, 0.2) is 24.3 Å². The third-order valence-corrected chi connectivity index (χ3v) is 5.29. The van der Waals surface area contributed by atoms with E-state index in [1.165, 1.54) is 12.1 Å². The first-order valence-corrected chi connectivity index (χ1v) is 8.84. The first-order chi connectivity index (χ1) is 12.5. The third-order valence-electron chi connectivity index (χ3n) is 4.96. The fraction of sp³-hybridized carbons (Fsp3) is 0.421. The molecule has 1 aromatic heterocycles. The Bertz CT molecular complexity index is 883. The van der Waals surface area contributed by atoms with E-state index in [0.29, 0.717) is 24.5 Å². The maximum atomic E-state index is 13.2. The molecule has 1 aliphatic rings. The van der Waals surface area contributed by atoms with Gasteiger partial charge in [-0.25, -0.2) is 4.79 Å². The van der Waals surface area contributed by atoms with Crippen molar-refractivity contribution in [2.45, 2.75) is 45.0 Å². The van der Waals surface area contributed by atoms with Crippen LogP contribution in [0.3, 0.4) is 0 Å². The molecule has 1 fully saturated rings. The summed E-state index contributed by atoms with van der Waals surface area (Å²) >= 11 is 6.19. The normalized spacial score (nSPS) is 20.2. The van der Waals surface area contributed by atoms with E-state index >= 15 is 0 Å². The second-order valence-corrected chi connectivity index (χ2v) is 7.42. The Labute approximate surface area is 159 Å². The van der Waals surface area contributed by atoms with E-state index in [9.17, 15) is 23.1 Å². The Morgan fingerprint density at radius 1 is 1.37 bits per heavy atom. The Hall–Kier alpha value is -1.99. The van der Waals surface area contributed by atoms with Gasteiger partial charge < -0.3 is 14.4 Å². The molecule has 27 heavy (non-hydrogen) atoms. The highest BCUT2D eigenvalue weighted by atomic mass is 35.5. The van der Waals surface area contributed by atoms with Crippen molar-refractivity contribution in [2.75, 3.05) is 6.61 Å². The lowest BCUT2D eigenvalue weighted by molar-refractivity contribution is -0.137. The minimum atomic E-state index is -4.53. The number of hydrogen-bond donors (Lipinski definition) is 1. The number of aromatic nitrogens is 1. The van der Waals surface area contributed by atoms with Crippen LogP contribution in [0.1, 0.15) is 41.4 Å². The summed E-state index contributed by atoms with van der Waals surface area (Å²) in [4.78, 5) is 11.6. The van der Waals surface area contributed by atoms with E-state index in [1.54, 1.807) is 11.5 Å². The zero-order valence-corrected chi connectivity index (χ0v) is 15.6. The predicted octanol–water partition coefficient (Wildman–Crippen LogP) is 5.40. The number of benzene rings is 1. The van der Waals surface area contributed by atoms with E-state index in [4.69, 9.17) is 16.3 Å². The van der Waals surface area contributed by atoms with Crippen molar-refractivity contribution >= 4 is 17.6 Å². The Kier molecular flexibility index (Phi) is 5.03. The summed E-state index contributed by atoms with van der Waals surface area (Å²) < 4.78 is 46.9. The highest BCUT2D eigenvalue weighted by Gasteiger charge is 2.34. The molecular weight excluding hydrogens is 383 g/mol. The summed E-state index contributed by atoms with van der Waals surface area (Å²) in [6.07, 6.45) is -2.87. The lowest BCUT2D eigenvalue weighted by Gasteiger charge is -2.26. The topological polar surface area (TPSA) is 51.5 Å². The summed E-state index contributed by atoms with van der Waals surface area (Å²) in [6, 6.07) is 4.42. The van der Waals surface area contributed by atoms with Crippen LogP contribution in [0.5, 0.6) is 0 Å². The van der Waals surface area contributed by atoms with Gasteiger partial charge in [0.05, 0.1) is 29.0 Å². The van der Waals surface area contributed by atoms with Crippen LogP contribution in [0.2, 0.25) is 5.02 Å². The Balaban J connectivity index is 2.17. The average Bonchev–Trinajstić information content (AvgIpc) is 3.12. The van der Waals surface area contributed by atoms with Gasteiger partial charge in [0.15, 0.2) is 0 Å². The molecule has 146 valence electrons. The molecule has 1 aromatic carbocycles. The number of rotatable bonds is 4. The number of carboxylic acid groups (broad SMARTS) is 1. The zero-order chi connectivity index (χ0) is 20.0. The average molecular weight is 402 g/mol. The van der Waals surface area contributed by atoms with Crippen molar-refractivity contribution in [1.29, 1.82) is 0 Å². The smallest absolute Gasteiger partial charge is 0.416 e. The minimum absolute atomic E-state index is 0.0278. The van der Waals surface area contributed by atoms with Crippen LogP contribution in [0, 0.1) is 6.92 Å². The van der Waals surface area contributed by atoms with Gasteiger partial charge in [0.2, 0.25) is 0 Å². The van der Waals surface area contributed by atoms with Crippen molar-refractivity contribution in [3.8, 4) is 11.3 Å². The predicted molar refractivity (Wildman–Crippen MR) is 95.2 cm³/mol. The second kappa shape index (κ2) is 6.87. The summed E-state index contributed by atoms with van der Waals surface area (Å²) in [5.41, 5.74) is -0.403. The van der Waals surface area contributed by atoms with Crippen molar-refractivity contribution in [1.82, 2.24) is 4.57 Å². The van der Waals surface area contributed by atoms with E-state index in [0.717, 1.165) is 25.0 Å². The van der Waals surface area contributed by atoms with Gasteiger partial charge >= 0.3 is 12.1 Å². The van der Waals surface area contributed by atoms with Crippen LogP contribution in [0.4, 0.5) is 13.2 Å². The van der Waals surface area contributed by atoms with Crippen molar-refractivity contribution < 1.29 is 27.8 Å². The summed E-state index contributed by atoms with van der Waals surface area (Å²) in [7, 11) is 0. The molecule has 0 spiro atoms. The van der Waals surface area contributed by atoms with Gasteiger partial charge in [-0.3, -0.25) is 0 Å². The van der Waals surface area contributed by atoms with Crippen molar-refractivity contribution in [3.05, 3.63) is 46.1 Å². The molecule has 0 saturated carbocycles. The molecule has 0 amide bonds. The molecule has 2 heterocycles. The number of carboxylic acids is 1. The lowest BCUT2D eigenvalue weighted by atomic mass is 10.0. The molecular formula is C19H19ClF3NO3. The monoisotopic (exact) mass is 401 g/mol. The van der Waals surface area contributed by atoms with Gasteiger partial charge in [0, 0.05) is 22.9 Å². The number of ether oxygens (including phenoxy) is 1. The standard InChI is InChI=1S/C19H19ClF3NO3/c1-11-13(17(25)26)9-16(24(11)10-18(2)6-3-7-27-18)14-8-12(19(21,22)23)4-5-15(14)20/h4-5,8-9H,3,6-7,10H2,1-2H3,(H,25,26)/t18-/m0/s1. The Morgan fingerprint density at radius 3 is 2.63 bits per heavy atom. The van der Waals surface area contributed by atoms with Gasteiger partial charge in [-0.15, -0.1) is 0 Å². The molecule has 3 rings (SSSR count). The van der Waals surface area contributed by atoms with Crippen molar-refractivity contribution in [2.24, 2.45) is 0 Å². The first-order valence-electron chi connectivity index (χ1n) is 8.46. The number of halogens is 4. The largest absolute Gasteiger partial charge is 0.478 e. The third kappa shape index (κ3) is 3.84. The summed E-state index contributed by atoms with van der Waals surface area (Å²) in [5, 5.41) is 9.59. The van der Waals surface area contributed by atoms with Crippen LogP contribution >= 0.6 is 11.6 Å². The minimum Gasteiger partial charge on any atom is -0.478 e. The SMILES string of the molecule is Cc1c(C(=O)O)cc(-c2cc(C(F)(F)F)ccc2Cl)n1C[C@]1(C)CCCO1. The number of carbonyl (C=O) groups is 1. The molecule has 8 heteroatoms. The summed E-state index contributed by atoms with van der Waals surface area (Å²) in [5.74, 6) is -1.15. The fourth-order valence-corrected chi connectivity index (χ4v) is 3.70. The van der Waals surface area contributed by atoms with Crippen LogP contribution < -0.4 is 0 Å². The van der Waals surface area contributed by atoms with Gasteiger partial charge in [0.25, 0.3) is 0 Å². The first kappa shape index (κ1) is 19.8. The second-order valence-electron chi connectivity index (χ2n) is 7.01. The van der Waals surface area contributed by atoms with Crippen LogP contribution in [-0.4, -0.2) is 27.9 Å².